The van der Waals surface area contributed by atoms with Crippen LogP contribution in [0.15, 0.2) is 70.7 Å². The third kappa shape index (κ3) is 4.35. The monoisotopic (exact) mass is 460 g/mol. The number of ketones is 1. The summed E-state index contributed by atoms with van der Waals surface area (Å²) in [5, 5.41) is 11.5. The van der Waals surface area contributed by atoms with Gasteiger partial charge < -0.3 is 9.52 Å². The van der Waals surface area contributed by atoms with Crippen molar-refractivity contribution >= 4 is 52.7 Å². The minimum absolute atomic E-state index is 0.0306. The van der Waals surface area contributed by atoms with Crippen molar-refractivity contribution in [1.29, 1.82) is 0 Å². The van der Waals surface area contributed by atoms with E-state index in [1.54, 1.807) is 36.4 Å². The molecule has 9 heteroatoms. The minimum atomic E-state index is -1.16. The molecule has 0 atom stereocenters. The van der Waals surface area contributed by atoms with Crippen molar-refractivity contribution in [3.63, 3.8) is 0 Å². The van der Waals surface area contributed by atoms with Gasteiger partial charge in [-0.1, -0.05) is 30.3 Å². The number of amides is 2. The number of carbonyl (C=O) groups excluding carboxylic acids is 3. The van der Waals surface area contributed by atoms with Gasteiger partial charge in [-0.3, -0.25) is 24.6 Å². The van der Waals surface area contributed by atoms with E-state index in [9.17, 15) is 24.3 Å². The maximum atomic E-state index is 13.1. The van der Waals surface area contributed by atoms with Gasteiger partial charge in [-0.05, 0) is 55.5 Å². The van der Waals surface area contributed by atoms with Gasteiger partial charge in [0.15, 0.2) is 10.9 Å². The molecule has 164 valence electrons. The number of carboxylic acid groups (broad SMARTS) is 1. The van der Waals surface area contributed by atoms with Crippen LogP contribution in [-0.2, 0) is 9.59 Å². The minimum Gasteiger partial charge on any atom is -0.478 e. The number of carbonyl (C=O) groups is 4. The summed E-state index contributed by atoms with van der Waals surface area (Å²) >= 11 is 5.14. The summed E-state index contributed by atoms with van der Waals surface area (Å²) in [5.41, 5.74) is 1.24. The molecule has 1 aromatic heterocycles. The molecule has 8 nitrogen and oxygen atoms in total. The first-order chi connectivity index (χ1) is 15.7. The van der Waals surface area contributed by atoms with Crippen LogP contribution in [0.3, 0.4) is 0 Å². The van der Waals surface area contributed by atoms with Gasteiger partial charge in [-0.2, -0.15) is 0 Å². The van der Waals surface area contributed by atoms with E-state index in [4.69, 9.17) is 16.6 Å². The summed E-state index contributed by atoms with van der Waals surface area (Å²) < 4.78 is 5.77. The number of benzene rings is 2. The van der Waals surface area contributed by atoms with Crippen molar-refractivity contribution < 1.29 is 28.7 Å². The molecule has 2 heterocycles. The predicted molar refractivity (Wildman–Crippen MR) is 124 cm³/mol. The standard InChI is InChI=1S/C24H16N2O6S/c1-13(27)14-5-7-15(8-6-14)20-10-9-18(32-20)12-19-21(28)25-24(33)26(22(19)29)17-4-2-3-16(11-17)23(30)31/h2-12H,1H3,(H,30,31)(H,25,28,33). The summed E-state index contributed by atoms with van der Waals surface area (Å²) in [6.45, 7) is 1.48. The highest BCUT2D eigenvalue weighted by molar-refractivity contribution is 7.80. The maximum absolute atomic E-state index is 13.1. The molecule has 1 fully saturated rings. The highest BCUT2D eigenvalue weighted by Gasteiger charge is 2.35. The molecular formula is C24H16N2O6S. The second-order valence-electron chi connectivity index (χ2n) is 7.15. The molecule has 0 radical (unpaired) electrons. The molecule has 0 saturated carbocycles. The number of nitrogens with one attached hydrogen (secondary N) is 1. The number of thiocarbonyl (C=S) groups is 1. The number of anilines is 1. The van der Waals surface area contributed by atoms with Gasteiger partial charge in [0, 0.05) is 11.1 Å². The van der Waals surface area contributed by atoms with E-state index in [0.717, 1.165) is 10.5 Å². The average Bonchev–Trinajstić information content (AvgIpc) is 3.25. The molecule has 3 aromatic rings. The number of hydrogen-bond donors (Lipinski definition) is 2. The Kier molecular flexibility index (Phi) is 5.72. The van der Waals surface area contributed by atoms with Crippen molar-refractivity contribution in [3.05, 3.63) is 83.1 Å². The number of aromatic carboxylic acids is 1. The van der Waals surface area contributed by atoms with Crippen molar-refractivity contribution in [1.82, 2.24) is 5.32 Å². The van der Waals surface area contributed by atoms with Crippen LogP contribution in [0.2, 0.25) is 0 Å². The van der Waals surface area contributed by atoms with Gasteiger partial charge in [0.25, 0.3) is 11.8 Å². The highest BCUT2D eigenvalue weighted by Crippen LogP contribution is 2.26. The van der Waals surface area contributed by atoms with Gasteiger partial charge in [-0.15, -0.1) is 0 Å². The molecular weight excluding hydrogens is 444 g/mol. The first kappa shape index (κ1) is 21.8. The van der Waals surface area contributed by atoms with E-state index < -0.39 is 17.8 Å². The summed E-state index contributed by atoms with van der Waals surface area (Å²) in [6, 6.07) is 15.8. The Hall–Kier alpha value is -4.37. The molecule has 2 amide bonds. The fraction of sp³-hybridized carbons (Fsp3) is 0.0417. The summed E-state index contributed by atoms with van der Waals surface area (Å²) in [6.07, 6.45) is 1.29. The third-order valence-corrected chi connectivity index (χ3v) is 5.23. The number of rotatable bonds is 5. The molecule has 33 heavy (non-hydrogen) atoms. The zero-order valence-electron chi connectivity index (χ0n) is 17.2. The first-order valence-electron chi connectivity index (χ1n) is 9.70. The molecule has 0 bridgehead atoms. The zero-order chi connectivity index (χ0) is 23.7. The number of hydrogen-bond acceptors (Lipinski definition) is 6. The SMILES string of the molecule is CC(=O)c1ccc(-c2ccc(C=C3C(=O)NC(=S)N(c4cccc(C(=O)O)c4)C3=O)o2)cc1. The highest BCUT2D eigenvalue weighted by atomic mass is 32.1. The van der Waals surface area contributed by atoms with Crippen LogP contribution in [0.4, 0.5) is 5.69 Å². The van der Waals surface area contributed by atoms with E-state index in [2.05, 4.69) is 5.32 Å². The van der Waals surface area contributed by atoms with Gasteiger partial charge in [-0.25, -0.2) is 4.79 Å². The van der Waals surface area contributed by atoms with E-state index >= 15 is 0 Å². The molecule has 0 unspecified atom stereocenters. The largest absolute Gasteiger partial charge is 0.478 e. The van der Waals surface area contributed by atoms with Crippen LogP contribution in [0.25, 0.3) is 17.4 Å². The summed E-state index contributed by atoms with van der Waals surface area (Å²) in [5.74, 6) is -1.88. The summed E-state index contributed by atoms with van der Waals surface area (Å²) in [4.78, 5) is 49.3. The van der Waals surface area contributed by atoms with E-state index in [-0.39, 0.29) is 33.5 Å². The molecule has 0 spiro atoms. The van der Waals surface area contributed by atoms with Crippen molar-refractivity contribution in [2.75, 3.05) is 4.90 Å². The van der Waals surface area contributed by atoms with Crippen molar-refractivity contribution in [2.24, 2.45) is 0 Å². The van der Waals surface area contributed by atoms with E-state index in [1.807, 2.05) is 0 Å². The molecule has 2 N–H and O–H groups in total. The Balaban J connectivity index is 1.65. The zero-order valence-corrected chi connectivity index (χ0v) is 18.0. The van der Waals surface area contributed by atoms with Crippen LogP contribution < -0.4 is 10.2 Å². The number of nitrogens with zero attached hydrogens (tertiary/aromatic N) is 1. The average molecular weight is 460 g/mol. The first-order valence-corrected chi connectivity index (χ1v) is 10.1. The van der Waals surface area contributed by atoms with E-state index in [1.165, 1.54) is 37.3 Å². The Morgan fingerprint density at radius 3 is 2.42 bits per heavy atom. The van der Waals surface area contributed by atoms with Gasteiger partial charge in [0.1, 0.15) is 17.1 Å². The maximum Gasteiger partial charge on any atom is 0.335 e. The molecule has 2 aromatic carbocycles. The Morgan fingerprint density at radius 2 is 1.76 bits per heavy atom. The second kappa shape index (κ2) is 8.64. The number of carboxylic acids is 1. The van der Waals surface area contributed by atoms with Crippen molar-refractivity contribution in [3.8, 4) is 11.3 Å². The Labute approximate surface area is 193 Å². The van der Waals surface area contributed by atoms with Gasteiger partial charge in [0.2, 0.25) is 0 Å². The lowest BCUT2D eigenvalue weighted by molar-refractivity contribution is -0.122. The van der Waals surface area contributed by atoms with Crippen LogP contribution in [0, 0.1) is 0 Å². The molecule has 4 rings (SSSR count). The second-order valence-corrected chi connectivity index (χ2v) is 7.54. The van der Waals surface area contributed by atoms with Crippen molar-refractivity contribution in [2.45, 2.75) is 6.92 Å². The quantitative estimate of drug-likeness (QED) is 0.258. The molecule has 1 saturated heterocycles. The fourth-order valence-corrected chi connectivity index (χ4v) is 3.55. The van der Waals surface area contributed by atoms with Crippen LogP contribution in [0.1, 0.15) is 33.4 Å². The predicted octanol–water partition coefficient (Wildman–Crippen LogP) is 3.68. The molecule has 0 aliphatic carbocycles. The number of furan rings is 1. The van der Waals surface area contributed by atoms with Crippen LogP contribution >= 0.6 is 12.2 Å². The topological polar surface area (TPSA) is 117 Å². The van der Waals surface area contributed by atoms with Gasteiger partial charge >= 0.3 is 5.97 Å². The third-order valence-electron chi connectivity index (χ3n) is 4.94. The normalized spacial score (nSPS) is 15.0. The van der Waals surface area contributed by atoms with Gasteiger partial charge in [0.05, 0.1) is 11.3 Å². The lowest BCUT2D eigenvalue weighted by Crippen LogP contribution is -2.54. The van der Waals surface area contributed by atoms with Crippen LogP contribution in [-0.4, -0.2) is 33.8 Å². The number of Topliss-reactive ketones (excluding diaryl/α,β-unsaturated/α-hetero) is 1. The molecule has 1 aliphatic heterocycles. The summed E-state index contributed by atoms with van der Waals surface area (Å²) in [7, 11) is 0. The Bertz CT molecular complexity index is 1350. The molecule has 1 aliphatic rings. The van der Waals surface area contributed by atoms with Crippen LogP contribution in [0.5, 0.6) is 0 Å². The van der Waals surface area contributed by atoms with E-state index in [0.29, 0.717) is 11.3 Å². The Morgan fingerprint density at radius 1 is 1.03 bits per heavy atom. The lowest BCUT2D eigenvalue weighted by atomic mass is 10.1. The lowest BCUT2D eigenvalue weighted by Gasteiger charge is -2.28. The fourth-order valence-electron chi connectivity index (χ4n) is 3.27. The smallest absolute Gasteiger partial charge is 0.335 e.